The molecule has 0 aliphatic carbocycles. The molecule has 0 aliphatic heterocycles. The van der Waals surface area contributed by atoms with Crippen LogP contribution in [-0.4, -0.2) is 48.6 Å². The third kappa shape index (κ3) is 5.35. The van der Waals surface area contributed by atoms with E-state index >= 15 is 0 Å². The zero-order chi connectivity index (χ0) is 16.0. The van der Waals surface area contributed by atoms with Crippen LogP contribution in [0.2, 0.25) is 0 Å². The van der Waals surface area contributed by atoms with Crippen LogP contribution in [0, 0.1) is 0 Å². The third-order valence-electron chi connectivity index (χ3n) is 2.77. The largest absolute Gasteiger partial charge is 0.433 e. The predicted octanol–water partition coefficient (Wildman–Crippen LogP) is 1.56. The van der Waals surface area contributed by atoms with Gasteiger partial charge in [0.15, 0.2) is 5.69 Å². The summed E-state index contributed by atoms with van der Waals surface area (Å²) < 4.78 is 38.6. The Hall–Kier alpha value is -1.61. The second kappa shape index (κ2) is 7.41. The lowest BCUT2D eigenvalue weighted by atomic mass is 10.3. The summed E-state index contributed by atoms with van der Waals surface area (Å²) in [5, 5.41) is 0. The Bertz CT molecular complexity index is 449. The minimum atomic E-state index is -4.54. The highest BCUT2D eigenvalue weighted by atomic mass is 19.4. The fraction of sp³-hybridized carbons (Fsp3) is 0.667. The van der Waals surface area contributed by atoms with E-state index in [0.29, 0.717) is 19.6 Å². The predicted molar refractivity (Wildman–Crippen MR) is 75.9 cm³/mol. The molecule has 0 saturated carbocycles. The number of anilines is 2. The molecule has 0 unspecified atom stereocenters. The molecule has 6 nitrogen and oxygen atoms in total. The van der Waals surface area contributed by atoms with Crippen molar-refractivity contribution in [2.75, 3.05) is 44.1 Å². The number of nitrogens with one attached hydrogen (secondary N) is 1. The summed E-state index contributed by atoms with van der Waals surface area (Å²) in [5.74, 6) is 5.13. The molecule has 0 radical (unpaired) electrons. The van der Waals surface area contributed by atoms with Crippen molar-refractivity contribution in [3.05, 3.63) is 11.8 Å². The molecule has 21 heavy (non-hydrogen) atoms. The molecule has 0 spiro atoms. The minimum absolute atomic E-state index is 0.217. The van der Waals surface area contributed by atoms with Crippen molar-refractivity contribution in [2.24, 2.45) is 5.84 Å². The lowest BCUT2D eigenvalue weighted by molar-refractivity contribution is -0.141. The fourth-order valence-electron chi connectivity index (χ4n) is 1.74. The summed E-state index contributed by atoms with van der Waals surface area (Å²) >= 11 is 0. The van der Waals surface area contributed by atoms with Crippen LogP contribution in [0.4, 0.5) is 24.9 Å². The second-order valence-corrected chi connectivity index (χ2v) is 4.87. The molecular formula is C12H21F3N6. The topological polar surface area (TPSA) is 70.3 Å². The number of hydrogen-bond donors (Lipinski definition) is 2. The Morgan fingerprint density at radius 2 is 1.86 bits per heavy atom. The van der Waals surface area contributed by atoms with Crippen molar-refractivity contribution in [2.45, 2.75) is 19.5 Å². The van der Waals surface area contributed by atoms with Crippen molar-refractivity contribution in [3.8, 4) is 0 Å². The van der Waals surface area contributed by atoms with Crippen LogP contribution < -0.4 is 16.2 Å². The van der Waals surface area contributed by atoms with Gasteiger partial charge in [-0.1, -0.05) is 6.92 Å². The molecule has 9 heteroatoms. The second-order valence-electron chi connectivity index (χ2n) is 4.87. The first-order valence-electron chi connectivity index (χ1n) is 6.60. The maximum atomic E-state index is 12.9. The zero-order valence-corrected chi connectivity index (χ0v) is 12.4. The summed E-state index contributed by atoms with van der Waals surface area (Å²) in [6.45, 7) is 3.83. The highest BCUT2D eigenvalue weighted by Crippen LogP contribution is 2.30. The number of hydrogen-bond acceptors (Lipinski definition) is 6. The van der Waals surface area contributed by atoms with Gasteiger partial charge in [0.05, 0.1) is 0 Å². The normalized spacial score (nSPS) is 11.8. The Labute approximate surface area is 122 Å². The smallest absolute Gasteiger partial charge is 0.355 e. The fourth-order valence-corrected chi connectivity index (χ4v) is 1.74. The first kappa shape index (κ1) is 17.4. The van der Waals surface area contributed by atoms with Crippen LogP contribution in [-0.2, 0) is 6.18 Å². The number of rotatable bonds is 7. The molecule has 0 bridgehead atoms. The van der Waals surface area contributed by atoms with Crippen LogP contribution in [0.1, 0.15) is 19.0 Å². The molecule has 1 aromatic heterocycles. The van der Waals surface area contributed by atoms with Gasteiger partial charge in [-0.3, -0.25) is 5.43 Å². The van der Waals surface area contributed by atoms with E-state index in [-0.39, 0.29) is 11.8 Å². The van der Waals surface area contributed by atoms with Crippen LogP contribution >= 0.6 is 0 Å². The summed E-state index contributed by atoms with van der Waals surface area (Å²) in [5.41, 5.74) is 1.07. The molecule has 120 valence electrons. The maximum Gasteiger partial charge on any atom is 0.433 e. The van der Waals surface area contributed by atoms with Gasteiger partial charge in [0.25, 0.3) is 0 Å². The summed E-state index contributed by atoms with van der Waals surface area (Å²) in [6, 6.07) is 0.951. The molecule has 0 aliphatic rings. The van der Waals surface area contributed by atoms with Gasteiger partial charge >= 0.3 is 6.18 Å². The number of nitrogens with zero attached hydrogens (tertiary/aromatic N) is 4. The van der Waals surface area contributed by atoms with E-state index in [9.17, 15) is 13.2 Å². The third-order valence-corrected chi connectivity index (χ3v) is 2.77. The molecule has 1 heterocycles. The Morgan fingerprint density at radius 3 is 2.33 bits per heavy atom. The molecular weight excluding hydrogens is 285 g/mol. The van der Waals surface area contributed by atoms with Crippen molar-refractivity contribution in [1.82, 2.24) is 14.9 Å². The molecule has 0 atom stereocenters. The van der Waals surface area contributed by atoms with Crippen molar-refractivity contribution in [3.63, 3.8) is 0 Å². The number of hydrazine groups is 1. The lowest BCUT2D eigenvalue weighted by Gasteiger charge is -2.25. The van der Waals surface area contributed by atoms with E-state index in [4.69, 9.17) is 5.84 Å². The van der Waals surface area contributed by atoms with Gasteiger partial charge in [-0.15, -0.1) is 0 Å². The van der Waals surface area contributed by atoms with Gasteiger partial charge in [-0.25, -0.2) is 10.8 Å². The first-order chi connectivity index (χ1) is 9.77. The molecule has 0 fully saturated rings. The van der Waals surface area contributed by atoms with E-state index in [2.05, 4.69) is 15.4 Å². The van der Waals surface area contributed by atoms with Crippen LogP contribution in [0.25, 0.3) is 0 Å². The highest BCUT2D eigenvalue weighted by Gasteiger charge is 2.34. The van der Waals surface area contributed by atoms with E-state index < -0.39 is 11.9 Å². The summed E-state index contributed by atoms with van der Waals surface area (Å²) in [6.07, 6.45) is -3.74. The monoisotopic (exact) mass is 306 g/mol. The van der Waals surface area contributed by atoms with E-state index in [1.165, 1.54) is 0 Å². The highest BCUT2D eigenvalue weighted by molar-refractivity contribution is 5.45. The Morgan fingerprint density at radius 1 is 1.19 bits per heavy atom. The quantitative estimate of drug-likeness (QED) is 0.588. The molecule has 0 aromatic carbocycles. The number of nitrogens with two attached hydrogens (primary N) is 1. The average molecular weight is 306 g/mol. The lowest BCUT2D eigenvalue weighted by Crippen LogP contribution is -2.33. The standard InChI is InChI=1S/C12H21F3N6/c1-4-5-21(7-6-20(2)3)10-8-9(12(13,14)15)17-11(18-10)19-16/h8H,4-7,16H2,1-3H3,(H,17,18,19). The first-order valence-corrected chi connectivity index (χ1v) is 6.60. The van der Waals surface area contributed by atoms with E-state index in [1.807, 2.05) is 25.9 Å². The van der Waals surface area contributed by atoms with Crippen LogP contribution in [0.15, 0.2) is 6.07 Å². The number of nitrogen functional groups attached to an aromatic ring is 1. The van der Waals surface area contributed by atoms with Gasteiger partial charge < -0.3 is 9.80 Å². The molecule has 3 N–H and O–H groups in total. The maximum absolute atomic E-state index is 12.9. The van der Waals surface area contributed by atoms with E-state index in [0.717, 1.165) is 12.5 Å². The Balaban J connectivity index is 3.11. The molecule has 1 aromatic rings. The SMILES string of the molecule is CCCN(CCN(C)C)c1cc(C(F)(F)F)nc(NN)n1. The molecule has 0 saturated heterocycles. The molecule has 0 amide bonds. The number of likely N-dealkylation sites (N-methyl/N-ethyl adjacent to an activating group) is 1. The van der Waals surface area contributed by atoms with Gasteiger partial charge in [0.2, 0.25) is 5.95 Å². The Kier molecular flexibility index (Phi) is 6.16. The van der Waals surface area contributed by atoms with Gasteiger partial charge in [-0.05, 0) is 20.5 Å². The van der Waals surface area contributed by atoms with Crippen molar-refractivity contribution >= 4 is 11.8 Å². The number of aromatic nitrogens is 2. The average Bonchev–Trinajstić information content (AvgIpc) is 2.41. The summed E-state index contributed by atoms with van der Waals surface area (Å²) in [4.78, 5) is 11.1. The van der Waals surface area contributed by atoms with Crippen molar-refractivity contribution in [1.29, 1.82) is 0 Å². The zero-order valence-electron chi connectivity index (χ0n) is 12.4. The van der Waals surface area contributed by atoms with Gasteiger partial charge in [-0.2, -0.15) is 18.2 Å². The van der Waals surface area contributed by atoms with Crippen molar-refractivity contribution < 1.29 is 13.2 Å². The molecule has 1 rings (SSSR count). The van der Waals surface area contributed by atoms with Gasteiger partial charge in [0, 0.05) is 25.7 Å². The van der Waals surface area contributed by atoms with E-state index in [1.54, 1.807) is 4.90 Å². The number of alkyl halides is 3. The summed E-state index contributed by atoms with van der Waals surface area (Å²) in [7, 11) is 3.80. The number of halogens is 3. The van der Waals surface area contributed by atoms with Crippen LogP contribution in [0.3, 0.4) is 0 Å². The minimum Gasteiger partial charge on any atom is -0.355 e. The van der Waals surface area contributed by atoms with Gasteiger partial charge in [0.1, 0.15) is 5.82 Å². The van der Waals surface area contributed by atoms with Crippen LogP contribution in [0.5, 0.6) is 0 Å².